The number of anilines is 1. The van der Waals surface area contributed by atoms with Crippen LogP contribution in [0.1, 0.15) is 36.4 Å². The predicted octanol–water partition coefficient (Wildman–Crippen LogP) is 3.67. The second-order valence-electron chi connectivity index (χ2n) is 5.42. The second-order valence-corrected chi connectivity index (χ2v) is 5.42. The van der Waals surface area contributed by atoms with Gasteiger partial charge in [-0.05, 0) is 36.6 Å². The minimum Gasteiger partial charge on any atom is -0.467 e. The van der Waals surface area contributed by atoms with Gasteiger partial charge in [0, 0.05) is 12.2 Å². The Morgan fingerprint density at radius 2 is 2.00 bits per heavy atom. The molecular formula is C17H22N2O2. The Kier molecular flexibility index (Phi) is 5.43. The Labute approximate surface area is 125 Å². The predicted molar refractivity (Wildman–Crippen MR) is 84.3 cm³/mol. The quantitative estimate of drug-likeness (QED) is 0.816. The molecule has 112 valence electrons. The molecule has 0 saturated heterocycles. The summed E-state index contributed by atoms with van der Waals surface area (Å²) in [6.07, 6.45) is 2.67. The number of benzene rings is 1. The van der Waals surface area contributed by atoms with E-state index in [9.17, 15) is 4.79 Å². The fraction of sp³-hybridized carbons (Fsp3) is 0.353. The van der Waals surface area contributed by atoms with E-state index in [-0.39, 0.29) is 5.91 Å². The third-order valence-electron chi connectivity index (χ3n) is 3.21. The van der Waals surface area contributed by atoms with Gasteiger partial charge in [-0.15, -0.1) is 0 Å². The van der Waals surface area contributed by atoms with Gasteiger partial charge in [0.2, 0.25) is 0 Å². The number of carbonyl (C=O) groups excluding carboxylic acids is 1. The summed E-state index contributed by atoms with van der Waals surface area (Å²) in [4.78, 5) is 12.3. The molecule has 4 heteroatoms. The maximum Gasteiger partial charge on any atom is 0.253 e. The molecule has 0 radical (unpaired) electrons. The average Bonchev–Trinajstić information content (AvgIpc) is 2.98. The molecule has 0 atom stereocenters. The van der Waals surface area contributed by atoms with Crippen molar-refractivity contribution in [1.82, 2.24) is 5.32 Å². The van der Waals surface area contributed by atoms with Crippen LogP contribution < -0.4 is 10.6 Å². The van der Waals surface area contributed by atoms with Crippen molar-refractivity contribution in [3.05, 3.63) is 54.0 Å². The van der Waals surface area contributed by atoms with Crippen molar-refractivity contribution in [3.8, 4) is 0 Å². The zero-order valence-corrected chi connectivity index (χ0v) is 12.6. The van der Waals surface area contributed by atoms with Crippen molar-refractivity contribution < 1.29 is 9.21 Å². The first-order valence-electron chi connectivity index (χ1n) is 7.30. The molecule has 0 saturated carbocycles. The lowest BCUT2D eigenvalue weighted by atomic mass is 10.1. The van der Waals surface area contributed by atoms with Gasteiger partial charge >= 0.3 is 0 Å². The standard InChI is InChI=1S/C17H22N2O2/c1-13(2)9-10-18-16-8-4-3-7-15(16)17(20)19-12-14-6-5-11-21-14/h3-8,11,13,18H,9-10,12H2,1-2H3,(H,19,20). The lowest BCUT2D eigenvalue weighted by Gasteiger charge is -2.12. The molecule has 0 aliphatic heterocycles. The zero-order valence-electron chi connectivity index (χ0n) is 12.6. The van der Waals surface area contributed by atoms with Gasteiger partial charge in [0.05, 0.1) is 18.4 Å². The van der Waals surface area contributed by atoms with Crippen molar-refractivity contribution in [1.29, 1.82) is 0 Å². The number of rotatable bonds is 7. The molecule has 1 aromatic carbocycles. The Bertz CT molecular complexity index is 562. The SMILES string of the molecule is CC(C)CCNc1ccccc1C(=O)NCc1ccco1. The van der Waals surface area contributed by atoms with Gasteiger partial charge in [0.1, 0.15) is 5.76 Å². The van der Waals surface area contributed by atoms with Gasteiger partial charge in [0.25, 0.3) is 5.91 Å². The monoisotopic (exact) mass is 286 g/mol. The highest BCUT2D eigenvalue weighted by Gasteiger charge is 2.10. The van der Waals surface area contributed by atoms with Crippen LogP contribution in [0.2, 0.25) is 0 Å². The molecular weight excluding hydrogens is 264 g/mol. The van der Waals surface area contributed by atoms with E-state index in [4.69, 9.17) is 4.42 Å². The van der Waals surface area contributed by atoms with Crippen LogP contribution in [0, 0.1) is 5.92 Å². The van der Waals surface area contributed by atoms with Crippen LogP contribution in [0.4, 0.5) is 5.69 Å². The first-order chi connectivity index (χ1) is 10.2. The Morgan fingerprint density at radius 3 is 2.71 bits per heavy atom. The minimum absolute atomic E-state index is 0.0981. The summed E-state index contributed by atoms with van der Waals surface area (Å²) in [7, 11) is 0. The van der Waals surface area contributed by atoms with E-state index in [1.54, 1.807) is 6.26 Å². The minimum atomic E-state index is -0.0981. The van der Waals surface area contributed by atoms with Crippen LogP contribution in [0.5, 0.6) is 0 Å². The fourth-order valence-electron chi connectivity index (χ4n) is 2.01. The fourth-order valence-corrected chi connectivity index (χ4v) is 2.01. The molecule has 0 aliphatic rings. The number of amides is 1. The van der Waals surface area contributed by atoms with E-state index in [2.05, 4.69) is 24.5 Å². The molecule has 0 unspecified atom stereocenters. The van der Waals surface area contributed by atoms with Gasteiger partial charge in [-0.2, -0.15) is 0 Å². The maximum atomic E-state index is 12.3. The molecule has 2 N–H and O–H groups in total. The Morgan fingerprint density at radius 1 is 1.19 bits per heavy atom. The van der Waals surface area contributed by atoms with Gasteiger partial charge in [-0.1, -0.05) is 26.0 Å². The molecule has 1 amide bonds. The first-order valence-corrected chi connectivity index (χ1v) is 7.30. The molecule has 0 aliphatic carbocycles. The number of para-hydroxylation sites is 1. The lowest BCUT2D eigenvalue weighted by Crippen LogP contribution is -2.24. The lowest BCUT2D eigenvalue weighted by molar-refractivity contribution is 0.0949. The summed E-state index contributed by atoms with van der Waals surface area (Å²) in [5, 5.41) is 6.20. The highest BCUT2D eigenvalue weighted by atomic mass is 16.3. The van der Waals surface area contributed by atoms with E-state index < -0.39 is 0 Å². The summed E-state index contributed by atoms with van der Waals surface area (Å²) in [5.41, 5.74) is 1.53. The summed E-state index contributed by atoms with van der Waals surface area (Å²) in [6, 6.07) is 11.2. The van der Waals surface area contributed by atoms with Gasteiger partial charge in [-0.3, -0.25) is 4.79 Å². The third kappa shape index (κ3) is 4.67. The molecule has 1 aromatic heterocycles. The maximum absolute atomic E-state index is 12.3. The molecule has 0 bridgehead atoms. The number of hydrogen-bond donors (Lipinski definition) is 2. The molecule has 1 heterocycles. The van der Waals surface area contributed by atoms with Crippen LogP contribution >= 0.6 is 0 Å². The summed E-state index contributed by atoms with van der Waals surface area (Å²) < 4.78 is 5.21. The van der Waals surface area contributed by atoms with E-state index in [0.29, 0.717) is 18.0 Å². The number of carbonyl (C=O) groups is 1. The van der Waals surface area contributed by atoms with Crippen LogP contribution in [0.15, 0.2) is 47.1 Å². The van der Waals surface area contributed by atoms with E-state index >= 15 is 0 Å². The van der Waals surface area contributed by atoms with Crippen molar-refractivity contribution in [2.75, 3.05) is 11.9 Å². The van der Waals surface area contributed by atoms with Gasteiger partial charge in [0.15, 0.2) is 0 Å². The smallest absolute Gasteiger partial charge is 0.253 e. The van der Waals surface area contributed by atoms with Crippen LogP contribution in [0.3, 0.4) is 0 Å². The van der Waals surface area contributed by atoms with Gasteiger partial charge < -0.3 is 15.1 Å². The zero-order chi connectivity index (χ0) is 15.1. The number of furan rings is 1. The topological polar surface area (TPSA) is 54.3 Å². The highest BCUT2D eigenvalue weighted by Crippen LogP contribution is 2.15. The van der Waals surface area contributed by atoms with Crippen molar-refractivity contribution in [2.45, 2.75) is 26.8 Å². The molecule has 4 nitrogen and oxygen atoms in total. The molecule has 0 fully saturated rings. The van der Waals surface area contributed by atoms with E-state index in [1.807, 2.05) is 36.4 Å². The van der Waals surface area contributed by atoms with Crippen LogP contribution in [-0.4, -0.2) is 12.5 Å². The summed E-state index contributed by atoms with van der Waals surface area (Å²) in [5.74, 6) is 1.28. The van der Waals surface area contributed by atoms with E-state index in [0.717, 1.165) is 24.4 Å². The van der Waals surface area contributed by atoms with Crippen molar-refractivity contribution in [3.63, 3.8) is 0 Å². The Balaban J connectivity index is 1.96. The number of hydrogen-bond acceptors (Lipinski definition) is 3. The normalized spacial score (nSPS) is 10.6. The third-order valence-corrected chi connectivity index (χ3v) is 3.21. The molecule has 0 spiro atoms. The Hall–Kier alpha value is -2.23. The first kappa shape index (κ1) is 15.2. The average molecular weight is 286 g/mol. The van der Waals surface area contributed by atoms with Crippen LogP contribution in [-0.2, 0) is 6.54 Å². The van der Waals surface area contributed by atoms with E-state index in [1.165, 1.54) is 0 Å². The summed E-state index contributed by atoms with van der Waals surface area (Å²) >= 11 is 0. The largest absolute Gasteiger partial charge is 0.467 e. The van der Waals surface area contributed by atoms with Gasteiger partial charge in [-0.25, -0.2) is 0 Å². The van der Waals surface area contributed by atoms with Crippen LogP contribution in [0.25, 0.3) is 0 Å². The van der Waals surface area contributed by atoms with Crippen molar-refractivity contribution in [2.24, 2.45) is 5.92 Å². The highest BCUT2D eigenvalue weighted by molar-refractivity contribution is 5.99. The molecule has 2 aromatic rings. The molecule has 2 rings (SSSR count). The molecule has 21 heavy (non-hydrogen) atoms. The second kappa shape index (κ2) is 7.53. The summed E-state index contributed by atoms with van der Waals surface area (Å²) in [6.45, 7) is 5.62. The number of nitrogens with one attached hydrogen (secondary N) is 2. The van der Waals surface area contributed by atoms with Crippen molar-refractivity contribution >= 4 is 11.6 Å².